The molecule has 1 aromatic carbocycles. The number of amides is 1. The summed E-state index contributed by atoms with van der Waals surface area (Å²) < 4.78 is 5.00. The van der Waals surface area contributed by atoms with Gasteiger partial charge in [-0.05, 0) is 43.7 Å². The van der Waals surface area contributed by atoms with Crippen molar-refractivity contribution in [2.75, 3.05) is 37.7 Å². The second kappa shape index (κ2) is 8.75. The van der Waals surface area contributed by atoms with Crippen LogP contribution in [-0.4, -0.2) is 59.5 Å². The van der Waals surface area contributed by atoms with Crippen LogP contribution in [-0.2, 0) is 4.74 Å². The molecular formula is C22H23ClN4O3. The zero-order valence-corrected chi connectivity index (χ0v) is 17.5. The molecule has 1 N–H and O–H groups in total. The van der Waals surface area contributed by atoms with Gasteiger partial charge in [0, 0.05) is 48.3 Å². The van der Waals surface area contributed by atoms with E-state index in [0.29, 0.717) is 42.5 Å². The number of fused-ring (bicyclic) bond motifs is 1. The number of benzene rings is 1. The smallest absolute Gasteiger partial charge is 0.339 e. The normalized spacial score (nSPS) is 14.6. The lowest BCUT2D eigenvalue weighted by molar-refractivity contribution is 0.0525. The van der Waals surface area contributed by atoms with Crippen molar-refractivity contribution in [1.82, 2.24) is 14.9 Å². The SMILES string of the molecule is CCOC(=O)c1ccc(N2CCCN(C(=O)c3cc4ccc(Cl)cc4[nH]3)CC2)nc1. The predicted octanol–water partition coefficient (Wildman–Crippen LogP) is 3.75. The van der Waals surface area contributed by atoms with Gasteiger partial charge in [-0.2, -0.15) is 0 Å². The van der Waals surface area contributed by atoms with Crippen molar-refractivity contribution in [2.24, 2.45) is 0 Å². The fraction of sp³-hybridized carbons (Fsp3) is 0.318. The van der Waals surface area contributed by atoms with Crippen LogP contribution in [0.1, 0.15) is 34.2 Å². The van der Waals surface area contributed by atoms with Crippen LogP contribution in [0.5, 0.6) is 0 Å². The van der Waals surface area contributed by atoms with Crippen LogP contribution in [0.3, 0.4) is 0 Å². The molecule has 7 nitrogen and oxygen atoms in total. The first-order valence-corrected chi connectivity index (χ1v) is 10.4. The number of carbonyl (C=O) groups excluding carboxylic acids is 2. The summed E-state index contributed by atoms with van der Waals surface area (Å²) in [5.74, 6) is 0.399. The zero-order chi connectivity index (χ0) is 21.1. The molecule has 3 aromatic rings. The molecule has 156 valence electrons. The quantitative estimate of drug-likeness (QED) is 0.643. The fourth-order valence-corrected chi connectivity index (χ4v) is 3.81. The molecule has 1 amide bonds. The van der Waals surface area contributed by atoms with Gasteiger partial charge in [0.25, 0.3) is 5.91 Å². The van der Waals surface area contributed by atoms with Crippen molar-refractivity contribution in [3.8, 4) is 0 Å². The maximum atomic E-state index is 13.0. The molecule has 0 aliphatic carbocycles. The van der Waals surface area contributed by atoms with Crippen molar-refractivity contribution >= 4 is 40.2 Å². The summed E-state index contributed by atoms with van der Waals surface area (Å²) in [5, 5.41) is 1.60. The number of hydrogen-bond donors (Lipinski definition) is 1. The number of H-pyrrole nitrogens is 1. The van der Waals surface area contributed by atoms with E-state index >= 15 is 0 Å². The van der Waals surface area contributed by atoms with Gasteiger partial charge in [0.2, 0.25) is 0 Å². The Bertz CT molecular complexity index is 1060. The van der Waals surface area contributed by atoms with Crippen LogP contribution < -0.4 is 4.90 Å². The number of nitrogens with zero attached hydrogens (tertiary/aromatic N) is 3. The van der Waals surface area contributed by atoms with Gasteiger partial charge in [0.05, 0.1) is 12.2 Å². The summed E-state index contributed by atoms with van der Waals surface area (Å²) in [6.07, 6.45) is 2.37. The van der Waals surface area contributed by atoms with Gasteiger partial charge in [-0.1, -0.05) is 17.7 Å². The number of aromatic nitrogens is 2. The molecular weight excluding hydrogens is 404 g/mol. The third-order valence-corrected chi connectivity index (χ3v) is 5.42. The predicted molar refractivity (Wildman–Crippen MR) is 116 cm³/mol. The van der Waals surface area contributed by atoms with E-state index in [2.05, 4.69) is 14.9 Å². The minimum absolute atomic E-state index is 0.0187. The molecule has 2 aromatic heterocycles. The first-order valence-electron chi connectivity index (χ1n) is 10.0. The van der Waals surface area contributed by atoms with Gasteiger partial charge in [0.15, 0.2) is 0 Å². The van der Waals surface area contributed by atoms with Crippen LogP contribution in [0.2, 0.25) is 5.02 Å². The lowest BCUT2D eigenvalue weighted by Gasteiger charge is -2.22. The average molecular weight is 427 g/mol. The molecule has 30 heavy (non-hydrogen) atoms. The second-order valence-corrected chi connectivity index (χ2v) is 7.61. The summed E-state index contributed by atoms with van der Waals surface area (Å²) in [4.78, 5) is 36.4. The summed E-state index contributed by atoms with van der Waals surface area (Å²) in [6, 6.07) is 11.0. The topological polar surface area (TPSA) is 78.5 Å². The number of anilines is 1. The van der Waals surface area contributed by atoms with Gasteiger partial charge < -0.3 is 19.5 Å². The Morgan fingerprint density at radius 3 is 2.77 bits per heavy atom. The molecule has 0 atom stereocenters. The molecule has 0 radical (unpaired) electrons. The number of rotatable bonds is 4. The van der Waals surface area contributed by atoms with Gasteiger partial charge in [-0.25, -0.2) is 9.78 Å². The van der Waals surface area contributed by atoms with Crippen molar-refractivity contribution in [1.29, 1.82) is 0 Å². The molecule has 0 spiro atoms. The number of nitrogens with one attached hydrogen (secondary N) is 1. The Morgan fingerprint density at radius 2 is 2.00 bits per heavy atom. The Labute approximate surface area is 179 Å². The highest BCUT2D eigenvalue weighted by atomic mass is 35.5. The molecule has 0 bridgehead atoms. The highest BCUT2D eigenvalue weighted by Gasteiger charge is 2.22. The maximum Gasteiger partial charge on any atom is 0.339 e. The van der Waals surface area contributed by atoms with Crippen LogP contribution in [0, 0.1) is 0 Å². The first kappa shape index (κ1) is 20.2. The maximum absolute atomic E-state index is 13.0. The Morgan fingerprint density at radius 1 is 1.13 bits per heavy atom. The Kier molecular flexibility index (Phi) is 5.90. The van der Waals surface area contributed by atoms with E-state index in [1.165, 1.54) is 6.20 Å². The molecule has 3 heterocycles. The van der Waals surface area contributed by atoms with E-state index in [0.717, 1.165) is 29.7 Å². The molecule has 8 heteroatoms. The molecule has 0 unspecified atom stereocenters. The van der Waals surface area contributed by atoms with Crippen molar-refractivity contribution < 1.29 is 14.3 Å². The Balaban J connectivity index is 1.43. The van der Waals surface area contributed by atoms with Crippen LogP contribution in [0.4, 0.5) is 5.82 Å². The van der Waals surface area contributed by atoms with Crippen molar-refractivity contribution in [2.45, 2.75) is 13.3 Å². The summed E-state index contributed by atoms with van der Waals surface area (Å²) in [7, 11) is 0. The summed E-state index contributed by atoms with van der Waals surface area (Å²) in [6.45, 7) is 4.83. The third-order valence-electron chi connectivity index (χ3n) is 5.18. The summed E-state index contributed by atoms with van der Waals surface area (Å²) >= 11 is 6.04. The van der Waals surface area contributed by atoms with E-state index in [9.17, 15) is 9.59 Å². The monoisotopic (exact) mass is 426 g/mol. The fourth-order valence-electron chi connectivity index (χ4n) is 3.64. The lowest BCUT2D eigenvalue weighted by atomic mass is 10.2. The number of halogens is 1. The van der Waals surface area contributed by atoms with Crippen molar-refractivity contribution in [3.63, 3.8) is 0 Å². The molecule has 1 aliphatic heterocycles. The molecule has 1 saturated heterocycles. The van der Waals surface area contributed by atoms with Gasteiger partial charge in [0.1, 0.15) is 11.5 Å². The van der Waals surface area contributed by atoms with E-state index in [-0.39, 0.29) is 11.9 Å². The standard InChI is InChI=1S/C22H23ClN4O3/c1-2-30-22(29)16-5-7-20(24-14-16)26-8-3-9-27(11-10-26)21(28)19-12-15-4-6-17(23)13-18(15)25-19/h4-7,12-14,25H,2-3,8-11H2,1H3. The number of ether oxygens (including phenoxy) is 1. The van der Waals surface area contributed by atoms with Crippen LogP contribution in [0.25, 0.3) is 10.9 Å². The van der Waals surface area contributed by atoms with Gasteiger partial charge in [-0.15, -0.1) is 0 Å². The minimum Gasteiger partial charge on any atom is -0.462 e. The number of aromatic amines is 1. The molecule has 0 saturated carbocycles. The van der Waals surface area contributed by atoms with Crippen molar-refractivity contribution in [3.05, 3.63) is 58.9 Å². The van der Waals surface area contributed by atoms with Gasteiger partial charge in [-0.3, -0.25) is 4.79 Å². The molecule has 1 aliphatic rings. The first-order chi connectivity index (χ1) is 14.5. The van der Waals surface area contributed by atoms with E-state index in [1.54, 1.807) is 13.0 Å². The van der Waals surface area contributed by atoms with E-state index in [1.807, 2.05) is 35.2 Å². The van der Waals surface area contributed by atoms with Gasteiger partial charge >= 0.3 is 5.97 Å². The lowest BCUT2D eigenvalue weighted by Crippen LogP contribution is -2.35. The number of carbonyl (C=O) groups is 2. The van der Waals surface area contributed by atoms with E-state index < -0.39 is 0 Å². The van der Waals surface area contributed by atoms with Crippen LogP contribution in [0.15, 0.2) is 42.6 Å². The average Bonchev–Trinajstić information content (AvgIpc) is 3.01. The summed E-state index contributed by atoms with van der Waals surface area (Å²) in [5.41, 5.74) is 1.86. The van der Waals surface area contributed by atoms with Crippen LogP contribution >= 0.6 is 11.6 Å². The second-order valence-electron chi connectivity index (χ2n) is 7.17. The highest BCUT2D eigenvalue weighted by molar-refractivity contribution is 6.31. The zero-order valence-electron chi connectivity index (χ0n) is 16.7. The molecule has 4 rings (SSSR count). The minimum atomic E-state index is -0.371. The third kappa shape index (κ3) is 4.26. The van der Waals surface area contributed by atoms with E-state index in [4.69, 9.17) is 16.3 Å². The number of esters is 1. The number of pyridine rings is 1. The highest BCUT2D eigenvalue weighted by Crippen LogP contribution is 2.22. The number of hydrogen-bond acceptors (Lipinski definition) is 5. The molecule has 1 fully saturated rings. The largest absolute Gasteiger partial charge is 0.462 e. The Hall–Kier alpha value is -3.06.